The number of carbonyl (C=O) groups is 2. The van der Waals surface area contributed by atoms with Crippen molar-refractivity contribution in [3.8, 4) is 5.75 Å². The van der Waals surface area contributed by atoms with E-state index < -0.39 is 5.41 Å². The summed E-state index contributed by atoms with van der Waals surface area (Å²) in [6.45, 7) is 6.41. The van der Waals surface area contributed by atoms with E-state index >= 15 is 0 Å². The van der Waals surface area contributed by atoms with Gasteiger partial charge in [0.05, 0.1) is 22.3 Å². The van der Waals surface area contributed by atoms with Gasteiger partial charge < -0.3 is 19.9 Å². The van der Waals surface area contributed by atoms with Gasteiger partial charge in [0.2, 0.25) is 5.91 Å². The lowest BCUT2D eigenvalue weighted by Gasteiger charge is -2.41. The van der Waals surface area contributed by atoms with Crippen LogP contribution in [0.15, 0.2) is 30.6 Å². The normalized spacial score (nSPS) is 20.3. The molecular formula is C31H39N5O3S. The molecule has 0 atom stereocenters. The van der Waals surface area contributed by atoms with Crippen molar-refractivity contribution >= 4 is 39.2 Å². The van der Waals surface area contributed by atoms with Crippen molar-refractivity contribution in [3.05, 3.63) is 46.6 Å². The van der Waals surface area contributed by atoms with Crippen LogP contribution in [0.1, 0.15) is 72.2 Å². The predicted molar refractivity (Wildman–Crippen MR) is 158 cm³/mol. The van der Waals surface area contributed by atoms with Gasteiger partial charge in [-0.05, 0) is 75.5 Å². The molecule has 9 heteroatoms. The van der Waals surface area contributed by atoms with Gasteiger partial charge in [-0.2, -0.15) is 0 Å². The molecule has 3 aliphatic heterocycles. The zero-order chi connectivity index (χ0) is 27.5. The summed E-state index contributed by atoms with van der Waals surface area (Å²) in [5.74, 6) is 2.12. The first-order valence-corrected chi connectivity index (χ1v) is 15.6. The summed E-state index contributed by atoms with van der Waals surface area (Å²) in [4.78, 5) is 42.3. The Kier molecular flexibility index (Phi) is 7.91. The van der Waals surface area contributed by atoms with Crippen LogP contribution in [0.25, 0.3) is 10.2 Å². The highest BCUT2D eigenvalue weighted by Crippen LogP contribution is 2.40. The van der Waals surface area contributed by atoms with Crippen molar-refractivity contribution in [2.75, 3.05) is 44.2 Å². The van der Waals surface area contributed by atoms with Gasteiger partial charge >= 0.3 is 0 Å². The molecule has 3 aliphatic rings. The summed E-state index contributed by atoms with van der Waals surface area (Å²) >= 11 is 1.48. The molecule has 212 valence electrons. The third kappa shape index (κ3) is 5.28. The molecule has 0 aliphatic carbocycles. The second-order valence-electron chi connectivity index (χ2n) is 11.5. The quantitative estimate of drug-likeness (QED) is 0.467. The maximum atomic E-state index is 13.8. The molecule has 1 spiro atoms. The number of aryl methyl sites for hydroxylation is 2. The van der Waals surface area contributed by atoms with Crippen molar-refractivity contribution < 1.29 is 14.3 Å². The summed E-state index contributed by atoms with van der Waals surface area (Å²) in [5, 5.41) is 4.22. The minimum Gasteiger partial charge on any atom is -0.493 e. The van der Waals surface area contributed by atoms with Crippen molar-refractivity contribution in [2.45, 2.75) is 64.7 Å². The second-order valence-corrected chi connectivity index (χ2v) is 12.5. The Morgan fingerprint density at radius 1 is 1.00 bits per heavy atom. The average molecular weight is 562 g/mol. The van der Waals surface area contributed by atoms with Crippen LogP contribution in [0.5, 0.6) is 5.75 Å². The number of hydrogen-bond donors (Lipinski definition) is 1. The molecule has 6 rings (SSSR count). The molecule has 1 aromatic carbocycles. The Morgan fingerprint density at radius 3 is 2.62 bits per heavy atom. The zero-order valence-electron chi connectivity index (χ0n) is 23.4. The van der Waals surface area contributed by atoms with Gasteiger partial charge in [-0.3, -0.25) is 9.59 Å². The van der Waals surface area contributed by atoms with Crippen LogP contribution in [0, 0.1) is 12.3 Å². The van der Waals surface area contributed by atoms with Gasteiger partial charge in [0.25, 0.3) is 5.91 Å². The molecule has 40 heavy (non-hydrogen) atoms. The summed E-state index contributed by atoms with van der Waals surface area (Å²) in [6, 6.07) is 8.27. The van der Waals surface area contributed by atoms with E-state index in [1.807, 2.05) is 24.0 Å². The maximum Gasteiger partial charge on any atom is 0.264 e. The lowest BCUT2D eigenvalue weighted by molar-refractivity contribution is -0.134. The van der Waals surface area contributed by atoms with Gasteiger partial charge in [-0.25, -0.2) is 9.97 Å². The molecular weight excluding hydrogens is 522 g/mol. The van der Waals surface area contributed by atoms with E-state index in [0.717, 1.165) is 77.4 Å². The van der Waals surface area contributed by atoms with Gasteiger partial charge in [-0.1, -0.05) is 24.6 Å². The van der Waals surface area contributed by atoms with E-state index in [1.165, 1.54) is 29.7 Å². The van der Waals surface area contributed by atoms with Crippen LogP contribution in [0.2, 0.25) is 0 Å². The Hall–Kier alpha value is -3.20. The van der Waals surface area contributed by atoms with Crippen LogP contribution < -0.4 is 15.0 Å². The number of likely N-dealkylation sites (tertiary alicyclic amines) is 1. The summed E-state index contributed by atoms with van der Waals surface area (Å²) < 4.78 is 6.02. The zero-order valence-corrected chi connectivity index (χ0v) is 24.2. The highest BCUT2D eigenvalue weighted by atomic mass is 32.1. The third-order valence-corrected chi connectivity index (χ3v) is 10.2. The van der Waals surface area contributed by atoms with Gasteiger partial charge in [0, 0.05) is 32.7 Å². The SMILES string of the molecule is Cc1c(C(=O)N2CCC3(CCCCc4ccccc4OCCCNC3=O)CC2)sc2ncnc(N3CCCC3)c12. The minimum absolute atomic E-state index is 0.0570. The number of piperidine rings is 1. The van der Waals surface area contributed by atoms with Crippen LogP contribution in [-0.4, -0.2) is 66.0 Å². The fourth-order valence-corrected chi connectivity index (χ4v) is 7.68. The molecule has 1 N–H and O–H groups in total. The monoisotopic (exact) mass is 561 g/mol. The number of aromatic nitrogens is 2. The Balaban J connectivity index is 1.16. The van der Waals surface area contributed by atoms with Crippen molar-refractivity contribution in [3.63, 3.8) is 0 Å². The third-order valence-electron chi connectivity index (χ3n) is 8.98. The molecule has 2 fully saturated rings. The van der Waals surface area contributed by atoms with E-state index in [4.69, 9.17) is 4.74 Å². The fraction of sp³-hybridized carbons (Fsp3) is 0.548. The number of benzene rings is 1. The Labute approximate surface area is 240 Å². The Bertz CT molecular complexity index is 1370. The molecule has 0 bridgehead atoms. The lowest BCUT2D eigenvalue weighted by Crippen LogP contribution is -2.50. The number of carbonyl (C=O) groups excluding carboxylic acids is 2. The average Bonchev–Trinajstić information content (AvgIpc) is 3.64. The number of nitrogens with one attached hydrogen (secondary N) is 1. The number of rotatable bonds is 2. The number of hydrogen-bond acceptors (Lipinski definition) is 7. The first-order chi connectivity index (χ1) is 19.6. The largest absolute Gasteiger partial charge is 0.493 e. The lowest BCUT2D eigenvalue weighted by atomic mass is 9.73. The van der Waals surface area contributed by atoms with Crippen molar-refractivity contribution in [1.82, 2.24) is 20.2 Å². The Morgan fingerprint density at radius 2 is 1.80 bits per heavy atom. The van der Waals surface area contributed by atoms with Crippen LogP contribution >= 0.6 is 11.3 Å². The molecule has 8 nitrogen and oxygen atoms in total. The molecule has 0 saturated carbocycles. The summed E-state index contributed by atoms with van der Waals surface area (Å²) in [7, 11) is 0. The van der Waals surface area contributed by atoms with Gasteiger partial charge in [0.15, 0.2) is 0 Å². The smallest absolute Gasteiger partial charge is 0.264 e. The van der Waals surface area contributed by atoms with E-state index in [0.29, 0.717) is 39.1 Å². The van der Waals surface area contributed by atoms with Crippen molar-refractivity contribution in [1.29, 1.82) is 0 Å². The minimum atomic E-state index is -0.422. The number of anilines is 1. The molecule has 2 amide bonds. The standard InChI is InChI=1S/C31H39N5O3S/c1-22-25-27(35-16-6-7-17-35)33-21-34-28(25)40-26(22)29(37)36-18-13-31(14-19-36)12-5-4-10-23-9-2-3-11-24(23)39-20-8-15-32-30(31)38/h2-3,9,11,21H,4-8,10,12-20H2,1H3,(H,32,38). The van der Waals surface area contributed by atoms with E-state index in [9.17, 15) is 9.59 Å². The van der Waals surface area contributed by atoms with Crippen LogP contribution in [0.4, 0.5) is 5.82 Å². The number of fused-ring (bicyclic) bond motifs is 2. The second kappa shape index (κ2) is 11.7. The molecule has 3 aromatic rings. The summed E-state index contributed by atoms with van der Waals surface area (Å²) in [5.41, 5.74) is 1.80. The van der Waals surface area contributed by atoms with Gasteiger partial charge in [-0.15, -0.1) is 11.3 Å². The predicted octanol–water partition coefficient (Wildman–Crippen LogP) is 5.13. The fourth-order valence-electron chi connectivity index (χ4n) is 6.57. The van der Waals surface area contributed by atoms with E-state index in [1.54, 1.807) is 6.33 Å². The van der Waals surface area contributed by atoms with E-state index in [2.05, 4.69) is 32.3 Å². The molecule has 5 heterocycles. The van der Waals surface area contributed by atoms with Gasteiger partial charge in [0.1, 0.15) is 22.7 Å². The maximum absolute atomic E-state index is 13.8. The number of nitrogens with zero attached hydrogens (tertiary/aromatic N) is 4. The highest BCUT2D eigenvalue weighted by Gasteiger charge is 2.42. The van der Waals surface area contributed by atoms with Crippen LogP contribution in [0.3, 0.4) is 0 Å². The molecule has 0 radical (unpaired) electrons. The highest BCUT2D eigenvalue weighted by molar-refractivity contribution is 7.20. The van der Waals surface area contributed by atoms with Crippen LogP contribution in [-0.2, 0) is 11.2 Å². The molecule has 2 saturated heterocycles. The first-order valence-electron chi connectivity index (χ1n) is 14.8. The first kappa shape index (κ1) is 27.0. The molecule has 0 unspecified atom stereocenters. The summed E-state index contributed by atoms with van der Waals surface area (Å²) in [6.07, 6.45) is 9.92. The topological polar surface area (TPSA) is 87.7 Å². The number of para-hydroxylation sites is 1. The van der Waals surface area contributed by atoms with E-state index in [-0.39, 0.29) is 11.8 Å². The number of thiophene rings is 1. The number of amides is 2. The van der Waals surface area contributed by atoms with Crippen molar-refractivity contribution in [2.24, 2.45) is 5.41 Å². The molecule has 2 aromatic heterocycles. The number of ether oxygens (including phenoxy) is 1.